The molecule has 0 unspecified atom stereocenters. The van der Waals surface area contributed by atoms with Gasteiger partial charge in [-0.25, -0.2) is 13.1 Å². The molecule has 3 rings (SSSR count). The molecule has 1 N–H and O–H groups in total. The fourth-order valence-electron chi connectivity index (χ4n) is 3.11. The summed E-state index contributed by atoms with van der Waals surface area (Å²) in [6.07, 6.45) is 4.82. The zero-order valence-electron chi connectivity index (χ0n) is 14.5. The molecule has 1 aromatic carbocycles. The molecule has 1 aromatic heterocycles. The monoisotopic (exact) mass is 373 g/mol. The van der Waals surface area contributed by atoms with Crippen molar-refractivity contribution in [3.8, 4) is 0 Å². The third-order valence-electron chi connectivity index (χ3n) is 4.62. The van der Waals surface area contributed by atoms with Crippen LogP contribution in [0.5, 0.6) is 0 Å². The molecule has 1 amide bonds. The van der Waals surface area contributed by atoms with Crippen molar-refractivity contribution in [3.63, 3.8) is 0 Å². The van der Waals surface area contributed by atoms with Gasteiger partial charge in [0.2, 0.25) is 10.0 Å². The Kier molecular flexibility index (Phi) is 6.00. The number of carbonyl (C=O) groups is 1. The van der Waals surface area contributed by atoms with Gasteiger partial charge in [0.25, 0.3) is 5.91 Å². The summed E-state index contributed by atoms with van der Waals surface area (Å²) in [4.78, 5) is 18.2. The van der Waals surface area contributed by atoms with Crippen molar-refractivity contribution in [2.75, 3.05) is 19.6 Å². The highest BCUT2D eigenvalue weighted by molar-refractivity contribution is 7.88. The summed E-state index contributed by atoms with van der Waals surface area (Å²) in [5, 5.41) is 0. The van der Waals surface area contributed by atoms with Crippen LogP contribution in [-0.4, -0.2) is 43.8 Å². The molecular formula is C19H23N3O3S. The maximum atomic E-state index is 12.4. The molecule has 7 heteroatoms. The van der Waals surface area contributed by atoms with Gasteiger partial charge in [0.15, 0.2) is 0 Å². The van der Waals surface area contributed by atoms with Gasteiger partial charge in [-0.15, -0.1) is 0 Å². The smallest absolute Gasteiger partial charge is 0.253 e. The molecule has 6 nitrogen and oxygen atoms in total. The van der Waals surface area contributed by atoms with Crippen LogP contribution in [0.2, 0.25) is 0 Å². The summed E-state index contributed by atoms with van der Waals surface area (Å²) >= 11 is 0. The average molecular weight is 373 g/mol. The molecule has 0 spiro atoms. The largest absolute Gasteiger partial charge is 0.339 e. The van der Waals surface area contributed by atoms with Crippen molar-refractivity contribution in [2.24, 2.45) is 5.92 Å². The number of amides is 1. The lowest BCUT2D eigenvalue weighted by Crippen LogP contribution is -2.41. The van der Waals surface area contributed by atoms with Gasteiger partial charge in [-0.05, 0) is 36.5 Å². The number of nitrogens with one attached hydrogen (secondary N) is 1. The predicted molar refractivity (Wildman–Crippen MR) is 99.9 cm³/mol. The van der Waals surface area contributed by atoms with Gasteiger partial charge in [-0.2, -0.15) is 0 Å². The minimum atomic E-state index is -3.34. The van der Waals surface area contributed by atoms with E-state index in [-0.39, 0.29) is 17.6 Å². The number of piperidine rings is 1. The second-order valence-corrected chi connectivity index (χ2v) is 8.37. The number of rotatable bonds is 6. The summed E-state index contributed by atoms with van der Waals surface area (Å²) in [5.74, 6) is 0.255. The number of likely N-dealkylation sites (tertiary alicyclic amines) is 1. The molecule has 1 saturated heterocycles. The summed E-state index contributed by atoms with van der Waals surface area (Å²) in [5.41, 5.74) is 1.42. The molecule has 138 valence electrons. The van der Waals surface area contributed by atoms with Crippen LogP contribution in [-0.2, 0) is 15.8 Å². The van der Waals surface area contributed by atoms with Crippen molar-refractivity contribution in [2.45, 2.75) is 18.6 Å². The maximum Gasteiger partial charge on any atom is 0.253 e. The average Bonchev–Trinajstić information content (AvgIpc) is 2.67. The quantitative estimate of drug-likeness (QED) is 0.840. The van der Waals surface area contributed by atoms with Gasteiger partial charge in [0, 0.05) is 37.6 Å². The molecule has 0 saturated carbocycles. The zero-order valence-corrected chi connectivity index (χ0v) is 15.4. The first kappa shape index (κ1) is 18.5. The first-order valence-electron chi connectivity index (χ1n) is 8.74. The zero-order chi connectivity index (χ0) is 18.4. The van der Waals surface area contributed by atoms with E-state index in [0.29, 0.717) is 25.2 Å². The fraction of sp³-hybridized carbons (Fsp3) is 0.368. The highest BCUT2D eigenvalue weighted by atomic mass is 32.2. The van der Waals surface area contributed by atoms with E-state index in [1.165, 1.54) is 0 Å². The lowest BCUT2D eigenvalue weighted by Gasteiger charge is -2.32. The van der Waals surface area contributed by atoms with Crippen LogP contribution in [0.4, 0.5) is 0 Å². The molecule has 1 aliphatic rings. The van der Waals surface area contributed by atoms with E-state index in [1.807, 2.05) is 35.2 Å². The molecule has 2 heterocycles. The van der Waals surface area contributed by atoms with Crippen LogP contribution in [0.15, 0.2) is 54.9 Å². The van der Waals surface area contributed by atoms with Crippen molar-refractivity contribution >= 4 is 15.9 Å². The Bertz CT molecular complexity index is 818. The number of hydrogen-bond donors (Lipinski definition) is 1. The Balaban J connectivity index is 1.46. The third kappa shape index (κ3) is 5.12. The van der Waals surface area contributed by atoms with Crippen molar-refractivity contribution in [1.29, 1.82) is 0 Å². The van der Waals surface area contributed by atoms with E-state index < -0.39 is 10.0 Å². The topological polar surface area (TPSA) is 79.4 Å². The molecule has 1 aliphatic heterocycles. The summed E-state index contributed by atoms with van der Waals surface area (Å²) in [7, 11) is -3.34. The fourth-order valence-corrected chi connectivity index (χ4v) is 4.33. The van der Waals surface area contributed by atoms with Crippen LogP contribution in [0.1, 0.15) is 28.8 Å². The number of sulfonamides is 1. The normalized spacial score (nSPS) is 15.8. The van der Waals surface area contributed by atoms with Gasteiger partial charge in [-0.3, -0.25) is 9.78 Å². The van der Waals surface area contributed by atoms with E-state index in [0.717, 1.165) is 18.4 Å². The van der Waals surface area contributed by atoms with Gasteiger partial charge < -0.3 is 4.90 Å². The molecule has 2 aromatic rings. The van der Waals surface area contributed by atoms with Gasteiger partial charge in [0.1, 0.15) is 0 Å². The number of carbonyl (C=O) groups excluding carboxylic acids is 1. The van der Waals surface area contributed by atoms with Crippen molar-refractivity contribution < 1.29 is 13.2 Å². The standard InChI is InChI=1S/C19H23N3O3S/c23-19(18-6-10-20-11-7-18)22-12-8-16(9-13-22)14-21-26(24,25)15-17-4-2-1-3-5-17/h1-7,10-11,16,21H,8-9,12-15H2. The molecule has 0 bridgehead atoms. The van der Waals surface area contributed by atoms with Crippen LogP contribution < -0.4 is 4.72 Å². The predicted octanol–water partition coefficient (Wildman–Crippen LogP) is 2.05. The minimum absolute atomic E-state index is 0.00673. The van der Waals surface area contributed by atoms with Crippen molar-refractivity contribution in [3.05, 3.63) is 66.0 Å². The summed E-state index contributed by atoms with van der Waals surface area (Å²) < 4.78 is 27.2. The second kappa shape index (κ2) is 8.42. The Hall–Kier alpha value is -2.25. The first-order valence-corrected chi connectivity index (χ1v) is 10.4. The summed E-state index contributed by atoms with van der Waals surface area (Å²) in [6.45, 7) is 1.71. The van der Waals surface area contributed by atoms with E-state index in [2.05, 4.69) is 9.71 Å². The highest BCUT2D eigenvalue weighted by Crippen LogP contribution is 2.19. The Morgan fingerprint density at radius 3 is 2.38 bits per heavy atom. The molecule has 0 aliphatic carbocycles. The van der Waals surface area contributed by atoms with Gasteiger partial charge in [-0.1, -0.05) is 30.3 Å². The molecular weight excluding hydrogens is 350 g/mol. The van der Waals surface area contributed by atoms with Crippen LogP contribution in [0, 0.1) is 5.92 Å². The lowest BCUT2D eigenvalue weighted by atomic mass is 9.97. The van der Waals surface area contributed by atoms with Crippen LogP contribution >= 0.6 is 0 Å². The number of nitrogens with zero attached hydrogens (tertiary/aromatic N) is 2. The number of benzene rings is 1. The molecule has 26 heavy (non-hydrogen) atoms. The summed E-state index contributed by atoms with van der Waals surface area (Å²) in [6, 6.07) is 12.6. The Labute approximate surface area is 154 Å². The van der Waals surface area contributed by atoms with Crippen LogP contribution in [0.25, 0.3) is 0 Å². The molecule has 1 fully saturated rings. The van der Waals surface area contributed by atoms with E-state index >= 15 is 0 Å². The van der Waals surface area contributed by atoms with Gasteiger partial charge >= 0.3 is 0 Å². The highest BCUT2D eigenvalue weighted by Gasteiger charge is 2.24. The van der Waals surface area contributed by atoms with Crippen molar-refractivity contribution in [1.82, 2.24) is 14.6 Å². The van der Waals surface area contributed by atoms with Gasteiger partial charge in [0.05, 0.1) is 5.75 Å². The lowest BCUT2D eigenvalue weighted by molar-refractivity contribution is 0.0692. The maximum absolute atomic E-state index is 12.4. The minimum Gasteiger partial charge on any atom is -0.339 e. The number of pyridine rings is 1. The van der Waals surface area contributed by atoms with E-state index in [9.17, 15) is 13.2 Å². The molecule has 0 atom stereocenters. The SMILES string of the molecule is O=C(c1ccncc1)N1CCC(CNS(=O)(=O)Cc2ccccc2)CC1. The van der Waals surface area contributed by atoms with E-state index in [1.54, 1.807) is 24.5 Å². The van der Waals surface area contributed by atoms with E-state index in [4.69, 9.17) is 0 Å². The molecule has 0 radical (unpaired) electrons. The number of aromatic nitrogens is 1. The number of hydrogen-bond acceptors (Lipinski definition) is 4. The second-order valence-electron chi connectivity index (χ2n) is 6.56. The Morgan fingerprint density at radius 2 is 1.73 bits per heavy atom. The Morgan fingerprint density at radius 1 is 1.08 bits per heavy atom. The third-order valence-corrected chi connectivity index (χ3v) is 5.94. The first-order chi connectivity index (χ1) is 12.5. The van der Waals surface area contributed by atoms with Crippen LogP contribution in [0.3, 0.4) is 0 Å².